The maximum absolute atomic E-state index is 5.77. The van der Waals surface area contributed by atoms with Crippen molar-refractivity contribution in [2.45, 2.75) is 20.4 Å². The highest BCUT2D eigenvalue weighted by molar-refractivity contribution is 5.57. The lowest BCUT2D eigenvalue weighted by molar-refractivity contribution is 0.378. The van der Waals surface area contributed by atoms with Gasteiger partial charge >= 0.3 is 0 Å². The summed E-state index contributed by atoms with van der Waals surface area (Å²) in [7, 11) is 0. The SMILES string of the molecule is Cc1cc(-c2nccn2Cc2cc(-c3cccnc3)no2)oc1C. The summed E-state index contributed by atoms with van der Waals surface area (Å²) < 4.78 is 13.2. The van der Waals surface area contributed by atoms with Crippen molar-refractivity contribution in [1.82, 2.24) is 19.7 Å². The van der Waals surface area contributed by atoms with Gasteiger partial charge < -0.3 is 13.5 Å². The standard InChI is InChI=1S/C18H16N4O2/c1-12-8-17(23-13(12)2)18-20-6-7-22(18)11-15-9-16(21-24-15)14-4-3-5-19-10-14/h3-10H,11H2,1-2H3. The van der Waals surface area contributed by atoms with E-state index in [2.05, 4.69) is 15.1 Å². The van der Waals surface area contributed by atoms with E-state index in [0.29, 0.717) is 6.54 Å². The van der Waals surface area contributed by atoms with Crippen LogP contribution >= 0.6 is 0 Å². The van der Waals surface area contributed by atoms with Crippen LogP contribution in [0, 0.1) is 13.8 Å². The lowest BCUT2D eigenvalue weighted by atomic mass is 10.2. The first kappa shape index (κ1) is 14.4. The van der Waals surface area contributed by atoms with Crippen LogP contribution in [0.25, 0.3) is 22.8 Å². The van der Waals surface area contributed by atoms with Gasteiger partial charge in [0.25, 0.3) is 0 Å². The van der Waals surface area contributed by atoms with E-state index in [1.165, 1.54) is 0 Å². The Morgan fingerprint density at radius 3 is 2.83 bits per heavy atom. The largest absolute Gasteiger partial charge is 0.458 e. The van der Waals surface area contributed by atoms with Gasteiger partial charge in [-0.2, -0.15) is 0 Å². The molecular formula is C18H16N4O2. The molecule has 0 unspecified atom stereocenters. The summed E-state index contributed by atoms with van der Waals surface area (Å²) in [6, 6.07) is 7.74. The lowest BCUT2D eigenvalue weighted by Gasteiger charge is -2.02. The molecule has 4 aromatic heterocycles. The van der Waals surface area contributed by atoms with Gasteiger partial charge in [-0.15, -0.1) is 0 Å². The molecule has 0 radical (unpaired) electrons. The van der Waals surface area contributed by atoms with Gasteiger partial charge in [0.1, 0.15) is 11.5 Å². The van der Waals surface area contributed by atoms with E-state index in [1.807, 2.05) is 48.9 Å². The third-order valence-corrected chi connectivity index (χ3v) is 3.94. The number of furan rings is 1. The van der Waals surface area contributed by atoms with Crippen LogP contribution in [0.2, 0.25) is 0 Å². The number of aromatic nitrogens is 4. The molecule has 6 nitrogen and oxygen atoms in total. The van der Waals surface area contributed by atoms with E-state index in [9.17, 15) is 0 Å². The molecule has 24 heavy (non-hydrogen) atoms. The van der Waals surface area contributed by atoms with Crippen molar-refractivity contribution in [3.05, 3.63) is 66.1 Å². The molecule has 4 aromatic rings. The van der Waals surface area contributed by atoms with Gasteiger partial charge in [0, 0.05) is 36.4 Å². The Morgan fingerprint density at radius 2 is 2.08 bits per heavy atom. The Labute approximate surface area is 138 Å². The average Bonchev–Trinajstić information content (AvgIpc) is 3.31. The Hall–Kier alpha value is -3.15. The molecule has 0 N–H and O–H groups in total. The maximum Gasteiger partial charge on any atom is 0.176 e. The van der Waals surface area contributed by atoms with Gasteiger partial charge in [-0.05, 0) is 37.6 Å². The first-order valence-electron chi connectivity index (χ1n) is 7.65. The minimum absolute atomic E-state index is 0.529. The second-order valence-corrected chi connectivity index (χ2v) is 5.65. The molecule has 4 rings (SSSR count). The van der Waals surface area contributed by atoms with Gasteiger partial charge in [0.05, 0.1) is 6.54 Å². The van der Waals surface area contributed by atoms with E-state index >= 15 is 0 Å². The predicted octanol–water partition coefficient (Wildman–Crippen LogP) is 3.86. The van der Waals surface area contributed by atoms with Crippen molar-refractivity contribution >= 4 is 0 Å². The first-order valence-corrected chi connectivity index (χ1v) is 7.65. The number of hydrogen-bond donors (Lipinski definition) is 0. The summed E-state index contributed by atoms with van der Waals surface area (Å²) in [5, 5.41) is 4.12. The van der Waals surface area contributed by atoms with E-state index in [1.54, 1.807) is 18.6 Å². The Balaban J connectivity index is 1.61. The fourth-order valence-corrected chi connectivity index (χ4v) is 2.55. The van der Waals surface area contributed by atoms with Crippen molar-refractivity contribution in [2.75, 3.05) is 0 Å². The second-order valence-electron chi connectivity index (χ2n) is 5.65. The molecule has 0 atom stereocenters. The van der Waals surface area contributed by atoms with Crippen molar-refractivity contribution in [2.24, 2.45) is 0 Å². The van der Waals surface area contributed by atoms with Crippen LogP contribution in [0.4, 0.5) is 0 Å². The van der Waals surface area contributed by atoms with Crippen LogP contribution in [-0.4, -0.2) is 19.7 Å². The van der Waals surface area contributed by atoms with E-state index in [-0.39, 0.29) is 0 Å². The highest BCUT2D eigenvalue weighted by atomic mass is 16.5. The number of hydrogen-bond acceptors (Lipinski definition) is 5. The fraction of sp³-hybridized carbons (Fsp3) is 0.167. The van der Waals surface area contributed by atoms with Crippen LogP contribution in [0.3, 0.4) is 0 Å². The normalized spacial score (nSPS) is 11.1. The molecule has 0 saturated carbocycles. The fourth-order valence-electron chi connectivity index (χ4n) is 2.55. The highest BCUT2D eigenvalue weighted by Crippen LogP contribution is 2.25. The molecule has 0 aliphatic rings. The minimum atomic E-state index is 0.529. The summed E-state index contributed by atoms with van der Waals surface area (Å²) in [6.07, 6.45) is 7.14. The van der Waals surface area contributed by atoms with Crippen molar-refractivity contribution in [3.63, 3.8) is 0 Å². The van der Waals surface area contributed by atoms with Crippen LogP contribution in [0.15, 0.2) is 58.0 Å². The number of nitrogens with zero attached hydrogens (tertiary/aromatic N) is 4. The average molecular weight is 320 g/mol. The molecule has 0 saturated heterocycles. The summed E-state index contributed by atoms with van der Waals surface area (Å²) in [5.74, 6) is 3.17. The topological polar surface area (TPSA) is 69.9 Å². The number of pyridine rings is 1. The molecule has 0 fully saturated rings. The second kappa shape index (κ2) is 5.81. The van der Waals surface area contributed by atoms with Gasteiger partial charge in [0.2, 0.25) is 0 Å². The van der Waals surface area contributed by atoms with Crippen LogP contribution < -0.4 is 0 Å². The Bertz CT molecular complexity index is 947. The summed E-state index contributed by atoms with van der Waals surface area (Å²) in [4.78, 5) is 8.50. The molecule has 4 heterocycles. The van der Waals surface area contributed by atoms with E-state index in [4.69, 9.17) is 8.94 Å². The molecule has 0 aromatic carbocycles. The van der Waals surface area contributed by atoms with Gasteiger partial charge in [-0.1, -0.05) is 5.16 Å². The number of imidazole rings is 1. The molecule has 0 aliphatic carbocycles. The third kappa shape index (κ3) is 2.62. The summed E-state index contributed by atoms with van der Waals surface area (Å²) in [5.41, 5.74) is 2.80. The lowest BCUT2D eigenvalue weighted by Crippen LogP contribution is -1.99. The van der Waals surface area contributed by atoms with E-state index in [0.717, 1.165) is 39.9 Å². The third-order valence-electron chi connectivity index (χ3n) is 3.94. The number of aryl methyl sites for hydroxylation is 2. The maximum atomic E-state index is 5.77. The molecule has 0 amide bonds. The summed E-state index contributed by atoms with van der Waals surface area (Å²) in [6.45, 7) is 4.50. The summed E-state index contributed by atoms with van der Waals surface area (Å²) >= 11 is 0. The van der Waals surface area contributed by atoms with Gasteiger partial charge in [-0.3, -0.25) is 4.98 Å². The Kier molecular flexibility index (Phi) is 3.49. The van der Waals surface area contributed by atoms with Crippen LogP contribution in [0.1, 0.15) is 17.1 Å². The van der Waals surface area contributed by atoms with Crippen molar-refractivity contribution in [1.29, 1.82) is 0 Å². The molecule has 0 spiro atoms. The Morgan fingerprint density at radius 1 is 1.17 bits per heavy atom. The predicted molar refractivity (Wildman–Crippen MR) is 88.2 cm³/mol. The monoisotopic (exact) mass is 320 g/mol. The van der Waals surface area contributed by atoms with Crippen LogP contribution in [0.5, 0.6) is 0 Å². The zero-order valence-electron chi connectivity index (χ0n) is 13.4. The molecule has 120 valence electrons. The molecule has 0 aliphatic heterocycles. The molecule has 6 heteroatoms. The number of rotatable bonds is 4. The smallest absolute Gasteiger partial charge is 0.176 e. The molecular weight excluding hydrogens is 304 g/mol. The van der Waals surface area contributed by atoms with Crippen molar-refractivity contribution in [3.8, 4) is 22.8 Å². The van der Waals surface area contributed by atoms with E-state index < -0.39 is 0 Å². The van der Waals surface area contributed by atoms with Gasteiger partial charge in [0.15, 0.2) is 17.3 Å². The minimum Gasteiger partial charge on any atom is -0.458 e. The quantitative estimate of drug-likeness (QED) is 0.571. The zero-order valence-corrected chi connectivity index (χ0v) is 13.4. The first-order chi connectivity index (χ1) is 11.7. The highest BCUT2D eigenvalue weighted by Gasteiger charge is 2.14. The van der Waals surface area contributed by atoms with Gasteiger partial charge in [-0.25, -0.2) is 4.98 Å². The zero-order chi connectivity index (χ0) is 16.5. The molecule has 0 bridgehead atoms. The van der Waals surface area contributed by atoms with Crippen molar-refractivity contribution < 1.29 is 8.94 Å². The van der Waals surface area contributed by atoms with Crippen LogP contribution in [-0.2, 0) is 6.54 Å².